The average Bonchev–Trinajstić information content (AvgIpc) is 2.11. The lowest BCUT2D eigenvalue weighted by Gasteiger charge is -2.39. The highest BCUT2D eigenvalue weighted by Crippen LogP contribution is 2.26. The molecule has 72 valence electrons. The number of ether oxygens (including phenoxy) is 2. The summed E-state index contributed by atoms with van der Waals surface area (Å²) in [6.45, 7) is 3.68. The van der Waals surface area contributed by atoms with Crippen LogP contribution < -0.4 is 0 Å². The summed E-state index contributed by atoms with van der Waals surface area (Å²) in [6.07, 6.45) is 0.930. The zero-order chi connectivity index (χ0) is 9.24. The molecule has 0 bridgehead atoms. The van der Waals surface area contributed by atoms with Crippen molar-refractivity contribution in [2.75, 3.05) is 13.2 Å². The number of hydrogen-bond acceptors (Lipinski definition) is 4. The van der Waals surface area contributed by atoms with Crippen molar-refractivity contribution in [3.8, 4) is 0 Å². The van der Waals surface area contributed by atoms with E-state index in [4.69, 9.17) is 9.47 Å². The van der Waals surface area contributed by atoms with Gasteiger partial charge in [-0.25, -0.2) is 0 Å². The van der Waals surface area contributed by atoms with E-state index in [2.05, 4.69) is 0 Å². The largest absolute Gasteiger partial charge is 0.364 e. The predicted octanol–water partition coefficient (Wildman–Crippen LogP) is 0.230. The molecule has 0 radical (unpaired) electrons. The molecule has 1 aliphatic rings. The topological polar surface area (TPSA) is 58.9 Å². The summed E-state index contributed by atoms with van der Waals surface area (Å²) in [5.41, 5.74) is 0. The van der Waals surface area contributed by atoms with Gasteiger partial charge in [-0.1, -0.05) is 13.8 Å². The van der Waals surface area contributed by atoms with Crippen LogP contribution in [0.25, 0.3) is 0 Å². The highest BCUT2D eigenvalue weighted by Gasteiger charge is 2.40. The quantitative estimate of drug-likeness (QED) is 0.632. The minimum Gasteiger partial charge on any atom is -0.364 e. The maximum atomic E-state index is 9.55. The molecule has 1 fully saturated rings. The molecule has 2 unspecified atom stereocenters. The fourth-order valence-corrected chi connectivity index (χ4v) is 0.986. The van der Waals surface area contributed by atoms with E-state index in [-0.39, 0.29) is 13.2 Å². The standard InChI is InChI=1S/C8H16O4/c1-3-7(9)5-12-8(10,4-2)6-11-7/h9-10H,3-6H2,1-2H3. The summed E-state index contributed by atoms with van der Waals surface area (Å²) < 4.78 is 10.2. The molecule has 0 amide bonds. The first-order chi connectivity index (χ1) is 5.54. The lowest BCUT2D eigenvalue weighted by molar-refractivity contribution is -0.366. The molecular formula is C8H16O4. The van der Waals surface area contributed by atoms with Gasteiger partial charge in [0.05, 0.1) is 0 Å². The van der Waals surface area contributed by atoms with E-state index in [1.807, 2.05) is 0 Å². The van der Waals surface area contributed by atoms with Gasteiger partial charge in [-0.05, 0) is 0 Å². The van der Waals surface area contributed by atoms with Crippen LogP contribution in [-0.4, -0.2) is 35.0 Å². The second-order valence-electron chi connectivity index (χ2n) is 3.18. The van der Waals surface area contributed by atoms with E-state index < -0.39 is 11.6 Å². The molecule has 0 aromatic carbocycles. The first kappa shape index (κ1) is 9.92. The molecule has 0 saturated carbocycles. The molecule has 2 N–H and O–H groups in total. The van der Waals surface area contributed by atoms with E-state index in [1.165, 1.54) is 0 Å². The first-order valence-corrected chi connectivity index (χ1v) is 4.26. The molecule has 12 heavy (non-hydrogen) atoms. The Morgan fingerprint density at radius 3 is 1.50 bits per heavy atom. The van der Waals surface area contributed by atoms with Crippen LogP contribution in [0.3, 0.4) is 0 Å². The number of aliphatic hydroxyl groups is 2. The Bertz CT molecular complexity index is 131. The van der Waals surface area contributed by atoms with E-state index in [0.29, 0.717) is 12.8 Å². The van der Waals surface area contributed by atoms with Crippen molar-refractivity contribution in [3.05, 3.63) is 0 Å². The van der Waals surface area contributed by atoms with Gasteiger partial charge in [-0.2, -0.15) is 0 Å². The molecule has 2 atom stereocenters. The number of hydrogen-bond donors (Lipinski definition) is 2. The van der Waals surface area contributed by atoms with Crippen LogP contribution in [0.5, 0.6) is 0 Å². The smallest absolute Gasteiger partial charge is 0.189 e. The van der Waals surface area contributed by atoms with Crippen molar-refractivity contribution in [1.82, 2.24) is 0 Å². The third kappa shape index (κ3) is 1.95. The summed E-state index contributed by atoms with van der Waals surface area (Å²) in [7, 11) is 0. The monoisotopic (exact) mass is 176 g/mol. The van der Waals surface area contributed by atoms with Crippen LogP contribution in [0.15, 0.2) is 0 Å². The van der Waals surface area contributed by atoms with Gasteiger partial charge in [-0.15, -0.1) is 0 Å². The van der Waals surface area contributed by atoms with Gasteiger partial charge in [0, 0.05) is 12.8 Å². The summed E-state index contributed by atoms with van der Waals surface area (Å²) >= 11 is 0. The molecule has 4 nitrogen and oxygen atoms in total. The summed E-state index contributed by atoms with van der Waals surface area (Å²) in [5, 5.41) is 19.1. The third-order valence-corrected chi connectivity index (χ3v) is 2.24. The molecule has 0 aromatic heterocycles. The van der Waals surface area contributed by atoms with E-state index in [0.717, 1.165) is 0 Å². The van der Waals surface area contributed by atoms with Crippen molar-refractivity contribution >= 4 is 0 Å². The van der Waals surface area contributed by atoms with Gasteiger partial charge in [0.15, 0.2) is 11.6 Å². The highest BCUT2D eigenvalue weighted by molar-refractivity contribution is 4.76. The Morgan fingerprint density at radius 2 is 1.33 bits per heavy atom. The zero-order valence-electron chi connectivity index (χ0n) is 7.54. The zero-order valence-corrected chi connectivity index (χ0v) is 7.54. The van der Waals surface area contributed by atoms with E-state index in [1.54, 1.807) is 13.8 Å². The predicted molar refractivity (Wildman–Crippen MR) is 42.4 cm³/mol. The van der Waals surface area contributed by atoms with Crippen LogP contribution in [-0.2, 0) is 9.47 Å². The molecule has 0 spiro atoms. The summed E-state index contributed by atoms with van der Waals surface area (Å²) in [5.74, 6) is -2.41. The van der Waals surface area contributed by atoms with Crippen molar-refractivity contribution in [2.24, 2.45) is 0 Å². The first-order valence-electron chi connectivity index (χ1n) is 4.26. The molecule has 1 aliphatic heterocycles. The summed E-state index contributed by atoms with van der Waals surface area (Å²) in [6, 6.07) is 0. The van der Waals surface area contributed by atoms with E-state index >= 15 is 0 Å². The van der Waals surface area contributed by atoms with Crippen molar-refractivity contribution in [1.29, 1.82) is 0 Å². The minimum atomic E-state index is -1.21. The lowest BCUT2D eigenvalue weighted by atomic mass is 10.1. The average molecular weight is 176 g/mol. The van der Waals surface area contributed by atoms with Crippen LogP contribution >= 0.6 is 0 Å². The SMILES string of the molecule is CCC1(O)COC(O)(CC)CO1. The minimum absolute atomic E-state index is 0.0356. The second kappa shape index (κ2) is 3.30. The molecule has 1 saturated heterocycles. The van der Waals surface area contributed by atoms with Crippen molar-refractivity contribution in [3.63, 3.8) is 0 Å². The van der Waals surface area contributed by atoms with Crippen LogP contribution in [0, 0.1) is 0 Å². The van der Waals surface area contributed by atoms with Gasteiger partial charge < -0.3 is 19.7 Å². The highest BCUT2D eigenvalue weighted by atomic mass is 16.7. The summed E-state index contributed by atoms with van der Waals surface area (Å²) in [4.78, 5) is 0. The Hall–Kier alpha value is -0.160. The Balaban J connectivity index is 2.49. The Kier molecular flexibility index (Phi) is 2.73. The molecule has 0 aromatic rings. The van der Waals surface area contributed by atoms with Crippen LogP contribution in [0.1, 0.15) is 26.7 Å². The molecule has 4 heteroatoms. The molecule has 0 aliphatic carbocycles. The Morgan fingerprint density at radius 1 is 1.00 bits per heavy atom. The van der Waals surface area contributed by atoms with Gasteiger partial charge >= 0.3 is 0 Å². The fraction of sp³-hybridized carbons (Fsp3) is 1.00. The fourth-order valence-electron chi connectivity index (χ4n) is 0.986. The van der Waals surface area contributed by atoms with Gasteiger partial charge in [-0.3, -0.25) is 0 Å². The van der Waals surface area contributed by atoms with Crippen molar-refractivity contribution < 1.29 is 19.7 Å². The van der Waals surface area contributed by atoms with Gasteiger partial charge in [0.2, 0.25) is 0 Å². The maximum Gasteiger partial charge on any atom is 0.189 e. The normalized spacial score (nSPS) is 43.0. The lowest BCUT2D eigenvalue weighted by Crippen LogP contribution is -2.53. The van der Waals surface area contributed by atoms with Crippen molar-refractivity contribution in [2.45, 2.75) is 38.3 Å². The van der Waals surface area contributed by atoms with E-state index in [9.17, 15) is 10.2 Å². The van der Waals surface area contributed by atoms with Gasteiger partial charge in [0.25, 0.3) is 0 Å². The number of rotatable bonds is 2. The van der Waals surface area contributed by atoms with Crippen LogP contribution in [0.4, 0.5) is 0 Å². The second-order valence-corrected chi connectivity index (χ2v) is 3.18. The maximum absolute atomic E-state index is 9.55. The molecule has 1 heterocycles. The third-order valence-electron chi connectivity index (χ3n) is 2.24. The Labute approximate surface area is 72.1 Å². The van der Waals surface area contributed by atoms with Gasteiger partial charge in [0.1, 0.15) is 13.2 Å². The van der Waals surface area contributed by atoms with Crippen LogP contribution in [0.2, 0.25) is 0 Å². The molecule has 1 rings (SSSR count). The molecular weight excluding hydrogens is 160 g/mol.